The molecule has 0 aliphatic rings. The number of primary amides is 1. The summed E-state index contributed by atoms with van der Waals surface area (Å²) >= 11 is 24.5. The number of rotatable bonds is 14. The van der Waals surface area contributed by atoms with E-state index in [1.807, 2.05) is 0 Å². The van der Waals surface area contributed by atoms with Crippen LogP contribution in [0.3, 0.4) is 0 Å². The van der Waals surface area contributed by atoms with E-state index in [0.29, 0.717) is 43.2 Å². The van der Waals surface area contributed by atoms with Gasteiger partial charge >= 0.3 is 0 Å². The summed E-state index contributed by atoms with van der Waals surface area (Å²) in [5.41, 5.74) is 7.38. The number of carbonyl (C=O) groups excluding carboxylic acids is 4. The Balaban J connectivity index is 1.71. The molecular weight excluding hydrogens is 641 g/mol. The Morgan fingerprint density at radius 3 is 1.72 bits per heavy atom. The molecule has 0 fully saturated rings. The number of halogens is 5. The van der Waals surface area contributed by atoms with E-state index >= 15 is 0 Å². The first kappa shape index (κ1) is 34.1. The predicted octanol–water partition coefficient (Wildman–Crippen LogP) is 4.73. The molecule has 228 valence electrons. The molecule has 0 heterocycles. The number of hydrogen-bond acceptors (Lipinski definition) is 4. The van der Waals surface area contributed by atoms with Gasteiger partial charge in [-0.25, -0.2) is 4.39 Å². The number of hydrogen-bond donors (Lipinski definition) is 2. The van der Waals surface area contributed by atoms with Gasteiger partial charge in [0.2, 0.25) is 23.6 Å². The minimum absolute atomic E-state index is 0.0630. The Hall–Kier alpha value is -3.37. The lowest BCUT2D eigenvalue weighted by Crippen LogP contribution is -2.49. The van der Waals surface area contributed by atoms with Crippen LogP contribution in [-0.4, -0.2) is 66.2 Å². The molecule has 0 aliphatic heterocycles. The highest BCUT2D eigenvalue weighted by atomic mass is 35.5. The highest BCUT2D eigenvalue weighted by molar-refractivity contribution is 6.35. The van der Waals surface area contributed by atoms with Gasteiger partial charge in [0.15, 0.2) is 0 Å². The fraction of sp³-hybridized carbons (Fsp3) is 0.267. The third-order valence-electron chi connectivity index (χ3n) is 6.43. The second kappa shape index (κ2) is 16.5. The molecule has 8 nitrogen and oxygen atoms in total. The van der Waals surface area contributed by atoms with Crippen molar-refractivity contribution >= 4 is 70.0 Å². The van der Waals surface area contributed by atoms with Gasteiger partial charge in [-0.05, 0) is 65.9 Å². The zero-order valence-electron chi connectivity index (χ0n) is 22.9. The van der Waals surface area contributed by atoms with Gasteiger partial charge in [0.05, 0.1) is 26.1 Å². The van der Waals surface area contributed by atoms with Gasteiger partial charge in [-0.3, -0.25) is 19.2 Å². The molecule has 0 unspecified atom stereocenters. The summed E-state index contributed by atoms with van der Waals surface area (Å²) in [7, 11) is 0. The molecule has 3 aromatic rings. The van der Waals surface area contributed by atoms with Crippen LogP contribution in [-0.2, 0) is 38.4 Å². The van der Waals surface area contributed by atoms with E-state index in [2.05, 4.69) is 5.32 Å². The standard InChI is InChI=1S/C30H29Cl4FN4O4/c31-22-5-3-20(25(33)14-22)9-11-38(17-27(36)40)30(43)18-39(12-10-21-4-6-23(32)15-26(21)34)29(42)16-37-28(41)13-19-1-7-24(35)8-2-19/h1-8,14-15H,9-13,16-18H2,(H2,36,40)(H,37,41). The van der Waals surface area contributed by atoms with Crippen LogP contribution in [0.1, 0.15) is 16.7 Å². The highest BCUT2D eigenvalue weighted by Gasteiger charge is 2.23. The lowest BCUT2D eigenvalue weighted by atomic mass is 10.1. The zero-order chi connectivity index (χ0) is 31.5. The van der Waals surface area contributed by atoms with Gasteiger partial charge in [-0.2, -0.15) is 0 Å². The molecule has 0 bridgehead atoms. The summed E-state index contributed by atoms with van der Waals surface area (Å²) in [6.07, 6.45) is 0.532. The molecule has 3 aromatic carbocycles. The minimum Gasteiger partial charge on any atom is -0.368 e. The summed E-state index contributed by atoms with van der Waals surface area (Å²) in [6.45, 7) is -0.976. The fourth-order valence-corrected chi connectivity index (χ4v) is 5.14. The smallest absolute Gasteiger partial charge is 0.242 e. The van der Waals surface area contributed by atoms with Crippen molar-refractivity contribution in [3.05, 3.63) is 103 Å². The Kier molecular flexibility index (Phi) is 13.1. The maximum Gasteiger partial charge on any atom is 0.242 e. The number of amides is 4. The van der Waals surface area contributed by atoms with Crippen LogP contribution >= 0.6 is 46.4 Å². The molecule has 3 rings (SSSR count). The average molecular weight is 670 g/mol. The fourth-order valence-electron chi connectivity index (χ4n) is 4.13. The third-order valence-corrected chi connectivity index (χ3v) is 7.60. The van der Waals surface area contributed by atoms with Crippen molar-refractivity contribution in [2.24, 2.45) is 5.73 Å². The van der Waals surface area contributed by atoms with Crippen LogP contribution < -0.4 is 11.1 Å². The molecule has 0 atom stereocenters. The van der Waals surface area contributed by atoms with Gasteiger partial charge in [-0.15, -0.1) is 0 Å². The Bertz CT molecular complexity index is 1470. The van der Waals surface area contributed by atoms with E-state index in [9.17, 15) is 23.6 Å². The van der Waals surface area contributed by atoms with E-state index in [4.69, 9.17) is 52.1 Å². The normalized spacial score (nSPS) is 10.7. The van der Waals surface area contributed by atoms with E-state index in [-0.39, 0.29) is 39.0 Å². The first-order chi connectivity index (χ1) is 20.4. The van der Waals surface area contributed by atoms with E-state index in [1.54, 1.807) is 36.4 Å². The van der Waals surface area contributed by atoms with Crippen LogP contribution in [0, 0.1) is 5.82 Å². The van der Waals surface area contributed by atoms with Crippen molar-refractivity contribution in [3.63, 3.8) is 0 Å². The molecule has 0 saturated heterocycles. The SMILES string of the molecule is NC(=O)CN(CCc1ccc(Cl)cc1Cl)C(=O)CN(CCc1ccc(Cl)cc1Cl)C(=O)CNC(=O)Cc1ccc(F)cc1. The van der Waals surface area contributed by atoms with Crippen molar-refractivity contribution < 1.29 is 23.6 Å². The van der Waals surface area contributed by atoms with Crippen LogP contribution in [0.2, 0.25) is 20.1 Å². The Labute approximate surface area is 268 Å². The molecule has 0 aliphatic carbocycles. The molecule has 0 aromatic heterocycles. The van der Waals surface area contributed by atoms with Gasteiger partial charge < -0.3 is 20.9 Å². The monoisotopic (exact) mass is 668 g/mol. The topological polar surface area (TPSA) is 113 Å². The third kappa shape index (κ3) is 11.3. The number of nitrogens with two attached hydrogens (primary N) is 1. The molecule has 0 radical (unpaired) electrons. The van der Waals surface area contributed by atoms with Crippen molar-refractivity contribution in [1.29, 1.82) is 0 Å². The molecule has 4 amide bonds. The van der Waals surface area contributed by atoms with Crippen LogP contribution in [0.15, 0.2) is 60.7 Å². The molecule has 0 spiro atoms. The first-order valence-corrected chi connectivity index (χ1v) is 14.6. The summed E-state index contributed by atoms with van der Waals surface area (Å²) in [6, 6.07) is 15.3. The molecule has 0 saturated carbocycles. The number of nitrogens with one attached hydrogen (secondary N) is 1. The maximum atomic E-state index is 13.4. The molecule has 13 heteroatoms. The largest absolute Gasteiger partial charge is 0.368 e. The maximum absolute atomic E-state index is 13.4. The lowest BCUT2D eigenvalue weighted by Gasteiger charge is -2.27. The van der Waals surface area contributed by atoms with E-state index in [0.717, 1.165) is 0 Å². The number of nitrogens with zero attached hydrogens (tertiary/aromatic N) is 2. The van der Waals surface area contributed by atoms with Crippen LogP contribution in [0.25, 0.3) is 0 Å². The molecule has 3 N–H and O–H groups in total. The number of carbonyl (C=O) groups is 4. The molecular formula is C30H29Cl4FN4O4. The first-order valence-electron chi connectivity index (χ1n) is 13.1. The van der Waals surface area contributed by atoms with E-state index in [1.165, 1.54) is 34.1 Å². The lowest BCUT2D eigenvalue weighted by molar-refractivity contribution is -0.141. The predicted molar refractivity (Wildman–Crippen MR) is 166 cm³/mol. The summed E-state index contributed by atoms with van der Waals surface area (Å²) < 4.78 is 13.2. The summed E-state index contributed by atoms with van der Waals surface area (Å²) in [5, 5.41) is 4.25. The van der Waals surface area contributed by atoms with Crippen LogP contribution in [0.5, 0.6) is 0 Å². The quantitative estimate of drug-likeness (QED) is 0.259. The summed E-state index contributed by atoms with van der Waals surface area (Å²) in [4.78, 5) is 53.4. The second-order valence-corrected chi connectivity index (χ2v) is 11.3. The van der Waals surface area contributed by atoms with Gasteiger partial charge in [0.25, 0.3) is 0 Å². The van der Waals surface area contributed by atoms with Crippen LogP contribution in [0.4, 0.5) is 4.39 Å². The van der Waals surface area contributed by atoms with Crippen molar-refractivity contribution in [1.82, 2.24) is 15.1 Å². The van der Waals surface area contributed by atoms with Crippen molar-refractivity contribution in [2.75, 3.05) is 32.7 Å². The van der Waals surface area contributed by atoms with Gasteiger partial charge in [-0.1, -0.05) is 70.7 Å². The number of benzene rings is 3. The van der Waals surface area contributed by atoms with Gasteiger partial charge in [0.1, 0.15) is 5.82 Å². The van der Waals surface area contributed by atoms with E-state index < -0.39 is 36.0 Å². The summed E-state index contributed by atoms with van der Waals surface area (Å²) in [5.74, 6) is -2.68. The average Bonchev–Trinajstić information content (AvgIpc) is 2.94. The zero-order valence-corrected chi connectivity index (χ0v) is 25.9. The molecule has 43 heavy (non-hydrogen) atoms. The highest BCUT2D eigenvalue weighted by Crippen LogP contribution is 2.23. The van der Waals surface area contributed by atoms with Crippen molar-refractivity contribution in [3.8, 4) is 0 Å². The second-order valence-electron chi connectivity index (χ2n) is 9.65. The Morgan fingerprint density at radius 2 is 1.23 bits per heavy atom. The van der Waals surface area contributed by atoms with Gasteiger partial charge in [0, 0.05) is 33.2 Å². The van der Waals surface area contributed by atoms with Crippen molar-refractivity contribution in [2.45, 2.75) is 19.3 Å². The minimum atomic E-state index is -0.727. The Morgan fingerprint density at radius 1 is 0.721 bits per heavy atom.